The number of carbonyl (C=O) groups is 2. The maximum absolute atomic E-state index is 13.6. The molecule has 2 N–H and O–H groups in total. The third kappa shape index (κ3) is 4.01. The Kier molecular flexibility index (Phi) is 5.76. The minimum atomic E-state index is -1.03. The Bertz CT molecular complexity index is 1410. The first kappa shape index (κ1) is 21.7. The topological polar surface area (TPSA) is 93.3 Å². The zero-order valence-electron chi connectivity index (χ0n) is 18.6. The van der Waals surface area contributed by atoms with E-state index in [2.05, 4.69) is 10.00 Å². The van der Waals surface area contributed by atoms with E-state index in [-0.39, 0.29) is 23.1 Å². The summed E-state index contributed by atoms with van der Waals surface area (Å²) in [6.07, 6.45) is 5.52. The number of rotatable bonds is 5. The van der Waals surface area contributed by atoms with Crippen LogP contribution in [0.2, 0.25) is 0 Å². The van der Waals surface area contributed by atoms with Crippen LogP contribution < -0.4 is 10.9 Å². The van der Waals surface area contributed by atoms with Gasteiger partial charge in [-0.15, -0.1) is 0 Å². The summed E-state index contributed by atoms with van der Waals surface area (Å²) in [6.45, 7) is 0. The van der Waals surface area contributed by atoms with Gasteiger partial charge in [-0.3, -0.25) is 14.3 Å². The van der Waals surface area contributed by atoms with Gasteiger partial charge in [0.2, 0.25) is 0 Å². The largest absolute Gasteiger partial charge is 0.478 e. The molecular formula is C27H25N3O4. The summed E-state index contributed by atoms with van der Waals surface area (Å²) in [5.74, 6) is -1.39. The van der Waals surface area contributed by atoms with E-state index >= 15 is 0 Å². The third-order valence-corrected chi connectivity index (χ3v) is 6.45. The number of aromatic carboxylic acids is 1. The number of hydrogen-bond donors (Lipinski definition) is 2. The summed E-state index contributed by atoms with van der Waals surface area (Å²) >= 11 is 0. The van der Waals surface area contributed by atoms with Crippen LogP contribution in [0.4, 0.5) is 5.69 Å². The fraction of sp³-hybridized carbons (Fsp3) is 0.222. The number of anilines is 1. The van der Waals surface area contributed by atoms with Gasteiger partial charge < -0.3 is 10.4 Å². The lowest BCUT2D eigenvalue weighted by Crippen LogP contribution is -2.25. The molecule has 5 rings (SSSR count). The number of aromatic nitrogens is 2. The van der Waals surface area contributed by atoms with Gasteiger partial charge in [0.25, 0.3) is 11.5 Å². The lowest BCUT2D eigenvalue weighted by molar-refractivity contribution is 0.0696. The summed E-state index contributed by atoms with van der Waals surface area (Å²) in [4.78, 5) is 37.5. The molecule has 7 heteroatoms. The molecule has 1 aliphatic rings. The fourth-order valence-electron chi connectivity index (χ4n) is 4.76. The molecular weight excluding hydrogens is 430 g/mol. The van der Waals surface area contributed by atoms with Crippen LogP contribution in [0.5, 0.6) is 0 Å². The predicted molar refractivity (Wildman–Crippen MR) is 131 cm³/mol. The molecule has 1 aliphatic carbocycles. The zero-order chi connectivity index (χ0) is 23.7. The van der Waals surface area contributed by atoms with Gasteiger partial charge in [-0.2, -0.15) is 0 Å². The smallest absolute Gasteiger partial charge is 0.335 e. The predicted octanol–water partition coefficient (Wildman–Crippen LogP) is 5.25. The second kappa shape index (κ2) is 9.02. The number of benzene rings is 3. The molecule has 4 aromatic rings. The molecule has 34 heavy (non-hydrogen) atoms. The second-order valence-electron chi connectivity index (χ2n) is 8.66. The highest BCUT2D eigenvalue weighted by Gasteiger charge is 2.24. The van der Waals surface area contributed by atoms with Crippen molar-refractivity contribution < 1.29 is 14.7 Å². The lowest BCUT2D eigenvalue weighted by Gasteiger charge is -2.26. The number of amides is 1. The maximum atomic E-state index is 13.6. The maximum Gasteiger partial charge on any atom is 0.335 e. The second-order valence-corrected chi connectivity index (χ2v) is 8.66. The minimum Gasteiger partial charge on any atom is -0.478 e. The summed E-state index contributed by atoms with van der Waals surface area (Å²) in [6, 6.07) is 21.0. The molecule has 1 saturated carbocycles. The van der Waals surface area contributed by atoms with Gasteiger partial charge in [0.1, 0.15) is 0 Å². The summed E-state index contributed by atoms with van der Waals surface area (Å²) in [5.41, 5.74) is 2.48. The van der Waals surface area contributed by atoms with Gasteiger partial charge in [0.15, 0.2) is 0 Å². The molecule has 1 heterocycles. The Morgan fingerprint density at radius 1 is 0.853 bits per heavy atom. The highest BCUT2D eigenvalue weighted by atomic mass is 16.4. The van der Waals surface area contributed by atoms with Crippen molar-refractivity contribution >= 4 is 28.5 Å². The molecule has 3 aromatic carbocycles. The number of nitrogens with one attached hydrogen (secondary N) is 1. The van der Waals surface area contributed by atoms with E-state index in [4.69, 9.17) is 5.11 Å². The van der Waals surface area contributed by atoms with Crippen LogP contribution in [0, 0.1) is 0 Å². The Morgan fingerprint density at radius 2 is 1.53 bits per heavy atom. The van der Waals surface area contributed by atoms with Crippen LogP contribution in [0.15, 0.2) is 77.6 Å². The highest BCUT2D eigenvalue weighted by molar-refractivity contribution is 6.06. The van der Waals surface area contributed by atoms with Crippen molar-refractivity contribution in [2.24, 2.45) is 0 Å². The quantitative estimate of drug-likeness (QED) is 0.430. The molecule has 1 fully saturated rings. The summed E-state index contributed by atoms with van der Waals surface area (Å²) in [5, 5.41) is 12.3. The average molecular weight is 456 g/mol. The van der Waals surface area contributed by atoms with E-state index in [0.29, 0.717) is 16.6 Å². The Balaban J connectivity index is 1.55. The van der Waals surface area contributed by atoms with Gasteiger partial charge in [-0.25, -0.2) is 9.48 Å². The summed E-state index contributed by atoms with van der Waals surface area (Å²) in [7, 11) is 0. The minimum absolute atomic E-state index is 0.143. The molecule has 0 aliphatic heterocycles. The van der Waals surface area contributed by atoms with Crippen LogP contribution in [0.1, 0.15) is 58.9 Å². The molecule has 172 valence electrons. The number of carboxylic acids is 1. The van der Waals surface area contributed by atoms with Crippen LogP contribution in [0.25, 0.3) is 16.6 Å². The van der Waals surface area contributed by atoms with Crippen molar-refractivity contribution in [3.63, 3.8) is 0 Å². The molecule has 0 atom stereocenters. The van der Waals surface area contributed by atoms with Gasteiger partial charge in [-0.05, 0) is 67.4 Å². The van der Waals surface area contributed by atoms with Gasteiger partial charge in [-0.1, -0.05) is 37.5 Å². The molecule has 1 aromatic heterocycles. The molecule has 0 radical (unpaired) electrons. The fourth-order valence-corrected chi connectivity index (χ4v) is 4.76. The van der Waals surface area contributed by atoms with E-state index in [0.717, 1.165) is 36.9 Å². The average Bonchev–Trinajstić information content (AvgIpc) is 3.17. The number of carboxylic acid groups (broad SMARTS) is 1. The van der Waals surface area contributed by atoms with Crippen LogP contribution in [-0.2, 0) is 0 Å². The summed E-state index contributed by atoms with van der Waals surface area (Å²) < 4.78 is 3.85. The van der Waals surface area contributed by atoms with E-state index in [1.54, 1.807) is 28.9 Å². The SMILES string of the molecule is O=C(O)c1ccc(NC(=O)c2ccc3c(c2)c(=O)n(-c2ccccc2)n3C2CCCCC2)cc1. The molecule has 0 spiro atoms. The Morgan fingerprint density at radius 3 is 2.21 bits per heavy atom. The normalized spacial score (nSPS) is 14.2. The third-order valence-electron chi connectivity index (χ3n) is 6.45. The number of nitrogens with zero attached hydrogens (tertiary/aromatic N) is 2. The van der Waals surface area contributed by atoms with Crippen molar-refractivity contribution in [2.45, 2.75) is 38.1 Å². The molecule has 1 amide bonds. The Hall–Kier alpha value is -4.13. The molecule has 0 bridgehead atoms. The molecule has 0 unspecified atom stereocenters. The number of para-hydroxylation sites is 1. The van der Waals surface area contributed by atoms with Crippen molar-refractivity contribution in [1.82, 2.24) is 9.36 Å². The van der Waals surface area contributed by atoms with Gasteiger partial charge in [0, 0.05) is 11.3 Å². The van der Waals surface area contributed by atoms with Crippen LogP contribution in [-0.4, -0.2) is 26.3 Å². The van der Waals surface area contributed by atoms with Crippen molar-refractivity contribution in [1.29, 1.82) is 0 Å². The first-order valence-electron chi connectivity index (χ1n) is 11.5. The van der Waals surface area contributed by atoms with Crippen LogP contribution >= 0.6 is 0 Å². The number of fused-ring (bicyclic) bond motifs is 1. The standard InChI is InChI=1S/C27H25N3O4/c31-25(28-20-14-11-18(12-15-20)27(33)34)19-13-16-24-23(17-19)26(32)30(22-9-5-2-6-10-22)29(24)21-7-3-1-4-8-21/h2,5-6,9-17,21H,1,3-4,7-8H2,(H,28,31)(H,33,34). The molecule has 0 saturated heterocycles. The van der Waals surface area contributed by atoms with E-state index in [9.17, 15) is 14.4 Å². The monoisotopic (exact) mass is 455 g/mol. The number of carbonyl (C=O) groups excluding carboxylic acids is 1. The van der Waals surface area contributed by atoms with Gasteiger partial charge in [0.05, 0.1) is 28.2 Å². The van der Waals surface area contributed by atoms with Gasteiger partial charge >= 0.3 is 5.97 Å². The van der Waals surface area contributed by atoms with E-state index in [1.807, 2.05) is 36.4 Å². The van der Waals surface area contributed by atoms with E-state index in [1.165, 1.54) is 18.6 Å². The number of hydrogen-bond acceptors (Lipinski definition) is 3. The zero-order valence-corrected chi connectivity index (χ0v) is 18.6. The van der Waals surface area contributed by atoms with Crippen molar-refractivity contribution in [3.8, 4) is 5.69 Å². The van der Waals surface area contributed by atoms with Crippen LogP contribution in [0.3, 0.4) is 0 Å². The van der Waals surface area contributed by atoms with Crippen molar-refractivity contribution in [2.75, 3.05) is 5.32 Å². The first-order valence-corrected chi connectivity index (χ1v) is 11.5. The highest BCUT2D eigenvalue weighted by Crippen LogP contribution is 2.32. The van der Waals surface area contributed by atoms with Crippen molar-refractivity contribution in [3.05, 3.63) is 94.3 Å². The first-order chi connectivity index (χ1) is 16.5. The Labute approximate surface area is 196 Å². The molecule has 7 nitrogen and oxygen atoms in total. The van der Waals surface area contributed by atoms with E-state index < -0.39 is 5.97 Å². The lowest BCUT2D eigenvalue weighted by atomic mass is 9.95.